The molecule has 2 aliphatic rings. The topological polar surface area (TPSA) is 38.1 Å². The minimum atomic E-state index is 0.145. The zero-order valence-corrected chi connectivity index (χ0v) is 16.9. The average molecular weight is 386 g/mol. The zero-order valence-electron chi connectivity index (χ0n) is 16.9. The van der Waals surface area contributed by atoms with Crippen molar-refractivity contribution in [3.05, 3.63) is 99.7 Å². The fourth-order valence-electron chi connectivity index (χ4n) is 5.30. The van der Waals surface area contributed by atoms with Gasteiger partial charge in [-0.25, -0.2) is 0 Å². The predicted molar refractivity (Wildman–Crippen MR) is 115 cm³/mol. The second-order valence-electron chi connectivity index (χ2n) is 8.57. The number of piperidine rings is 1. The van der Waals surface area contributed by atoms with Gasteiger partial charge in [-0.05, 0) is 49.4 Å². The molecule has 0 radical (unpaired) electrons. The highest BCUT2D eigenvalue weighted by Gasteiger charge is 2.40. The van der Waals surface area contributed by atoms with Gasteiger partial charge >= 0.3 is 0 Å². The SMILES string of the molecule is Cc1cccc(CN2C[C@H]3C[C@@H](C2)[C@H](Cc2ccccc2)n2c3cccc2=O)n1. The second kappa shape index (κ2) is 7.60. The molecule has 3 aromatic rings. The Morgan fingerprint density at radius 1 is 0.966 bits per heavy atom. The molecule has 148 valence electrons. The van der Waals surface area contributed by atoms with Crippen LogP contribution in [0.2, 0.25) is 0 Å². The van der Waals surface area contributed by atoms with Gasteiger partial charge in [-0.1, -0.05) is 42.5 Å². The molecule has 29 heavy (non-hydrogen) atoms. The first kappa shape index (κ1) is 18.3. The van der Waals surface area contributed by atoms with Crippen molar-refractivity contribution in [3.63, 3.8) is 0 Å². The van der Waals surface area contributed by atoms with Gasteiger partial charge in [0.1, 0.15) is 0 Å². The Bertz CT molecular complexity index is 1060. The predicted octanol–water partition coefficient (Wildman–Crippen LogP) is 3.95. The van der Waals surface area contributed by atoms with Gasteiger partial charge in [0.2, 0.25) is 0 Å². The fourth-order valence-corrected chi connectivity index (χ4v) is 5.30. The van der Waals surface area contributed by atoms with Crippen LogP contribution in [0, 0.1) is 12.8 Å². The monoisotopic (exact) mass is 385 g/mol. The third kappa shape index (κ3) is 3.65. The number of pyridine rings is 2. The smallest absolute Gasteiger partial charge is 0.251 e. The Labute approximate surface area is 171 Å². The van der Waals surface area contributed by atoms with Crippen LogP contribution in [0.4, 0.5) is 0 Å². The van der Waals surface area contributed by atoms with E-state index in [4.69, 9.17) is 4.98 Å². The number of hydrogen-bond donors (Lipinski definition) is 0. The first-order valence-electron chi connectivity index (χ1n) is 10.6. The lowest BCUT2D eigenvalue weighted by molar-refractivity contribution is 0.0844. The normalized spacial score (nSPS) is 23.6. The van der Waals surface area contributed by atoms with Crippen LogP contribution in [0.3, 0.4) is 0 Å². The van der Waals surface area contributed by atoms with Crippen LogP contribution < -0.4 is 5.56 Å². The van der Waals surface area contributed by atoms with Crippen molar-refractivity contribution in [2.24, 2.45) is 5.92 Å². The summed E-state index contributed by atoms with van der Waals surface area (Å²) < 4.78 is 2.11. The molecule has 1 fully saturated rings. The molecule has 2 aliphatic heterocycles. The fraction of sp³-hybridized carbons (Fsp3) is 0.360. The lowest BCUT2D eigenvalue weighted by atomic mass is 9.76. The maximum absolute atomic E-state index is 12.8. The third-order valence-corrected chi connectivity index (χ3v) is 6.49. The van der Waals surface area contributed by atoms with Crippen LogP contribution in [0.25, 0.3) is 0 Å². The summed E-state index contributed by atoms with van der Waals surface area (Å²) >= 11 is 0. The number of fused-ring (bicyclic) bond motifs is 4. The second-order valence-corrected chi connectivity index (χ2v) is 8.57. The van der Waals surface area contributed by atoms with E-state index in [0.717, 1.165) is 37.4 Å². The number of likely N-dealkylation sites (tertiary alicyclic amines) is 1. The molecule has 2 bridgehead atoms. The molecule has 0 unspecified atom stereocenters. The van der Waals surface area contributed by atoms with Crippen molar-refractivity contribution < 1.29 is 0 Å². The van der Waals surface area contributed by atoms with Gasteiger partial charge in [-0.2, -0.15) is 0 Å². The lowest BCUT2D eigenvalue weighted by Crippen LogP contribution is -2.49. The molecule has 0 amide bonds. The third-order valence-electron chi connectivity index (χ3n) is 6.49. The Morgan fingerprint density at radius 3 is 2.62 bits per heavy atom. The number of nitrogens with zero attached hydrogens (tertiary/aromatic N) is 3. The van der Waals surface area contributed by atoms with Gasteiger partial charge in [0.25, 0.3) is 5.56 Å². The van der Waals surface area contributed by atoms with Crippen LogP contribution in [-0.4, -0.2) is 27.5 Å². The number of benzene rings is 1. The van der Waals surface area contributed by atoms with E-state index in [1.807, 2.05) is 19.1 Å². The first-order valence-corrected chi connectivity index (χ1v) is 10.6. The van der Waals surface area contributed by atoms with Gasteiger partial charge < -0.3 is 4.57 Å². The lowest BCUT2D eigenvalue weighted by Gasteiger charge is -2.47. The van der Waals surface area contributed by atoms with E-state index < -0.39 is 0 Å². The molecule has 0 N–H and O–H groups in total. The largest absolute Gasteiger partial charge is 0.309 e. The van der Waals surface area contributed by atoms with E-state index in [2.05, 4.69) is 58.0 Å². The maximum Gasteiger partial charge on any atom is 0.251 e. The zero-order chi connectivity index (χ0) is 19.8. The van der Waals surface area contributed by atoms with Crippen molar-refractivity contribution in [3.8, 4) is 0 Å². The summed E-state index contributed by atoms with van der Waals surface area (Å²) in [4.78, 5) is 20.1. The Kier molecular flexibility index (Phi) is 4.80. The highest BCUT2D eigenvalue weighted by molar-refractivity contribution is 5.23. The van der Waals surface area contributed by atoms with Crippen molar-refractivity contribution in [2.45, 2.75) is 38.3 Å². The van der Waals surface area contributed by atoms with Crippen molar-refractivity contribution in [2.75, 3.05) is 13.1 Å². The van der Waals surface area contributed by atoms with Crippen LogP contribution in [0.5, 0.6) is 0 Å². The Morgan fingerprint density at radius 2 is 1.79 bits per heavy atom. The summed E-state index contributed by atoms with van der Waals surface area (Å²) in [6, 6.07) is 22.9. The minimum Gasteiger partial charge on any atom is -0.309 e. The molecule has 3 atom stereocenters. The molecule has 0 aliphatic carbocycles. The molecule has 4 heterocycles. The molecule has 5 rings (SSSR count). The first-order chi connectivity index (χ1) is 14.2. The number of hydrogen-bond acceptors (Lipinski definition) is 3. The summed E-state index contributed by atoms with van der Waals surface area (Å²) in [6.45, 7) is 4.94. The minimum absolute atomic E-state index is 0.145. The van der Waals surface area contributed by atoms with Gasteiger partial charge in [0.15, 0.2) is 0 Å². The van der Waals surface area contributed by atoms with Crippen LogP contribution in [0.1, 0.15) is 41.0 Å². The van der Waals surface area contributed by atoms with E-state index >= 15 is 0 Å². The maximum atomic E-state index is 12.8. The molecular weight excluding hydrogens is 358 g/mol. The van der Waals surface area contributed by atoms with Gasteiger partial charge in [0.05, 0.1) is 5.69 Å². The molecule has 4 heteroatoms. The van der Waals surface area contributed by atoms with E-state index in [1.54, 1.807) is 6.07 Å². The molecule has 0 saturated carbocycles. The van der Waals surface area contributed by atoms with E-state index in [9.17, 15) is 4.79 Å². The van der Waals surface area contributed by atoms with Crippen LogP contribution in [0.15, 0.2) is 71.5 Å². The van der Waals surface area contributed by atoms with Gasteiger partial charge in [-0.15, -0.1) is 0 Å². The number of aromatic nitrogens is 2. The average Bonchev–Trinajstić information content (AvgIpc) is 2.72. The van der Waals surface area contributed by atoms with E-state index in [-0.39, 0.29) is 11.6 Å². The summed E-state index contributed by atoms with van der Waals surface area (Å²) in [6.07, 6.45) is 2.07. The van der Waals surface area contributed by atoms with Crippen LogP contribution >= 0.6 is 0 Å². The van der Waals surface area contributed by atoms with E-state index in [1.165, 1.54) is 17.7 Å². The summed E-state index contributed by atoms with van der Waals surface area (Å²) in [7, 11) is 0. The van der Waals surface area contributed by atoms with Crippen molar-refractivity contribution >= 4 is 0 Å². The van der Waals surface area contributed by atoms with Crippen LogP contribution in [-0.2, 0) is 13.0 Å². The molecule has 1 saturated heterocycles. The summed E-state index contributed by atoms with van der Waals surface area (Å²) in [5.41, 5.74) is 4.85. The highest BCUT2D eigenvalue weighted by Crippen LogP contribution is 2.42. The van der Waals surface area contributed by atoms with Crippen molar-refractivity contribution in [1.29, 1.82) is 0 Å². The molecule has 0 spiro atoms. The number of rotatable bonds is 4. The summed E-state index contributed by atoms with van der Waals surface area (Å²) in [5, 5.41) is 0. The molecule has 1 aromatic carbocycles. The summed E-state index contributed by atoms with van der Waals surface area (Å²) in [5.74, 6) is 0.894. The Balaban J connectivity index is 1.48. The molecule has 2 aromatic heterocycles. The van der Waals surface area contributed by atoms with Gasteiger partial charge in [0, 0.05) is 49.0 Å². The molecular formula is C25H27N3O. The quantitative estimate of drug-likeness (QED) is 0.682. The van der Waals surface area contributed by atoms with Crippen molar-refractivity contribution in [1.82, 2.24) is 14.5 Å². The van der Waals surface area contributed by atoms with Gasteiger partial charge in [-0.3, -0.25) is 14.7 Å². The Hall–Kier alpha value is -2.72. The number of aryl methyl sites for hydroxylation is 1. The molecule has 4 nitrogen and oxygen atoms in total. The van der Waals surface area contributed by atoms with E-state index in [0.29, 0.717) is 11.8 Å². The standard InChI is InChI=1S/C25H27N3O/c1-18-7-5-10-22(26-18)17-27-15-20-14-21(16-27)24(13-19-8-3-2-4-9-19)28-23(20)11-6-12-25(28)29/h2-12,20-21,24H,13-17H2,1H3/t20-,21+,24+/m1/s1. The highest BCUT2D eigenvalue weighted by atomic mass is 16.1.